The van der Waals surface area contributed by atoms with E-state index in [0.29, 0.717) is 17.9 Å². The average molecular weight is 391 g/mol. The van der Waals surface area contributed by atoms with Crippen LogP contribution in [-0.4, -0.2) is 27.5 Å². The van der Waals surface area contributed by atoms with Gasteiger partial charge in [-0.25, -0.2) is 4.98 Å². The van der Waals surface area contributed by atoms with Gasteiger partial charge in [0, 0.05) is 26.1 Å². The van der Waals surface area contributed by atoms with Gasteiger partial charge < -0.3 is 0 Å². The molecule has 0 bridgehead atoms. The first-order valence-electron chi connectivity index (χ1n) is 9.74. The minimum absolute atomic E-state index is 0.0737. The van der Waals surface area contributed by atoms with Gasteiger partial charge in [-0.1, -0.05) is 12.1 Å². The number of rotatable bonds is 4. The number of alkyl halides is 3. The number of halogens is 3. The molecule has 28 heavy (non-hydrogen) atoms. The molecule has 1 fully saturated rings. The van der Waals surface area contributed by atoms with Crippen molar-refractivity contribution in [3.63, 3.8) is 0 Å². The standard InChI is InChI=1S/C21H24F3N3O/c1-13(16-5-7-17(8-6-16)21(22,23)24)27-14(2)25-19-9-10-26(11-15-3-4-15)12-18(19)20(27)28/h5-8,13,15H,3-4,9-12H2,1-2H3/t13-/m1/s1. The minimum Gasteiger partial charge on any atom is -0.298 e. The molecule has 0 unspecified atom stereocenters. The van der Waals surface area contributed by atoms with E-state index in [1.807, 2.05) is 6.92 Å². The molecular formula is C21H24F3N3O. The van der Waals surface area contributed by atoms with Crippen LogP contribution < -0.4 is 5.56 Å². The Kier molecular flexibility index (Phi) is 4.81. The van der Waals surface area contributed by atoms with E-state index < -0.39 is 11.7 Å². The topological polar surface area (TPSA) is 38.1 Å². The van der Waals surface area contributed by atoms with Gasteiger partial charge in [0.05, 0.1) is 22.9 Å². The Hall–Kier alpha value is -2.15. The molecular weight excluding hydrogens is 367 g/mol. The lowest BCUT2D eigenvalue weighted by Gasteiger charge is -2.29. The van der Waals surface area contributed by atoms with Crippen molar-refractivity contribution < 1.29 is 13.2 Å². The van der Waals surface area contributed by atoms with Crippen LogP contribution in [0.15, 0.2) is 29.1 Å². The van der Waals surface area contributed by atoms with Gasteiger partial charge in [-0.3, -0.25) is 14.3 Å². The van der Waals surface area contributed by atoms with Crippen molar-refractivity contribution in [2.45, 2.75) is 51.9 Å². The molecule has 150 valence electrons. The van der Waals surface area contributed by atoms with Crippen LogP contribution in [-0.2, 0) is 19.1 Å². The summed E-state index contributed by atoms with van der Waals surface area (Å²) < 4.78 is 40.1. The van der Waals surface area contributed by atoms with Crippen LogP contribution in [0.2, 0.25) is 0 Å². The Morgan fingerprint density at radius 2 is 1.89 bits per heavy atom. The van der Waals surface area contributed by atoms with E-state index in [4.69, 9.17) is 0 Å². The Labute approximate surface area is 162 Å². The number of nitrogens with zero attached hydrogens (tertiary/aromatic N) is 3. The largest absolute Gasteiger partial charge is 0.416 e. The highest BCUT2D eigenvalue weighted by Gasteiger charge is 2.31. The number of benzene rings is 1. The number of hydrogen-bond donors (Lipinski definition) is 0. The van der Waals surface area contributed by atoms with Gasteiger partial charge in [0.15, 0.2) is 0 Å². The van der Waals surface area contributed by atoms with E-state index in [9.17, 15) is 18.0 Å². The van der Waals surface area contributed by atoms with Crippen molar-refractivity contribution in [1.82, 2.24) is 14.5 Å². The van der Waals surface area contributed by atoms with E-state index in [0.717, 1.165) is 48.8 Å². The summed E-state index contributed by atoms with van der Waals surface area (Å²) in [7, 11) is 0. The van der Waals surface area contributed by atoms with Gasteiger partial charge in [0.2, 0.25) is 0 Å². The third kappa shape index (κ3) is 3.72. The summed E-state index contributed by atoms with van der Waals surface area (Å²) in [6, 6.07) is 4.63. The van der Waals surface area contributed by atoms with E-state index in [2.05, 4.69) is 9.88 Å². The number of aromatic nitrogens is 2. The highest BCUT2D eigenvalue weighted by atomic mass is 19.4. The van der Waals surface area contributed by atoms with Crippen LogP contribution in [0.3, 0.4) is 0 Å². The minimum atomic E-state index is -4.37. The summed E-state index contributed by atoms with van der Waals surface area (Å²) in [6.07, 6.45) is -1.06. The fraction of sp³-hybridized carbons (Fsp3) is 0.524. The zero-order valence-corrected chi connectivity index (χ0v) is 16.1. The molecule has 1 aromatic heterocycles. The Morgan fingerprint density at radius 1 is 1.21 bits per heavy atom. The van der Waals surface area contributed by atoms with Crippen LogP contribution in [0.4, 0.5) is 13.2 Å². The first-order chi connectivity index (χ1) is 13.2. The molecule has 0 saturated heterocycles. The molecule has 0 N–H and O–H groups in total. The third-order valence-electron chi connectivity index (χ3n) is 5.84. The van der Waals surface area contributed by atoms with Gasteiger partial charge in [0.1, 0.15) is 5.82 Å². The molecule has 4 rings (SSSR count). The van der Waals surface area contributed by atoms with Gasteiger partial charge in [-0.05, 0) is 50.3 Å². The first kappa shape index (κ1) is 19.2. The zero-order valence-electron chi connectivity index (χ0n) is 16.1. The van der Waals surface area contributed by atoms with Crippen molar-refractivity contribution in [1.29, 1.82) is 0 Å². The van der Waals surface area contributed by atoms with Crippen molar-refractivity contribution >= 4 is 0 Å². The third-order valence-corrected chi connectivity index (χ3v) is 5.84. The smallest absolute Gasteiger partial charge is 0.298 e. The van der Waals surface area contributed by atoms with Crippen LogP contribution in [0.5, 0.6) is 0 Å². The number of fused-ring (bicyclic) bond motifs is 1. The van der Waals surface area contributed by atoms with Gasteiger partial charge >= 0.3 is 6.18 Å². The molecule has 1 aliphatic carbocycles. The second-order valence-electron chi connectivity index (χ2n) is 7.98. The second-order valence-corrected chi connectivity index (χ2v) is 7.98. The van der Waals surface area contributed by atoms with E-state index in [1.54, 1.807) is 11.5 Å². The zero-order chi connectivity index (χ0) is 20.1. The predicted octanol–water partition coefficient (Wildman–Crippen LogP) is 3.95. The Balaban J connectivity index is 1.65. The summed E-state index contributed by atoms with van der Waals surface area (Å²) in [5, 5.41) is 0. The lowest BCUT2D eigenvalue weighted by molar-refractivity contribution is -0.137. The molecule has 2 aromatic rings. The van der Waals surface area contributed by atoms with Crippen LogP contribution in [0, 0.1) is 12.8 Å². The molecule has 1 aliphatic heterocycles. The normalized spacial score (nSPS) is 18.8. The average Bonchev–Trinajstić information content (AvgIpc) is 3.45. The summed E-state index contributed by atoms with van der Waals surface area (Å²) >= 11 is 0. The van der Waals surface area contributed by atoms with E-state index in [-0.39, 0.29) is 11.6 Å². The maximum absolute atomic E-state index is 13.2. The number of hydrogen-bond acceptors (Lipinski definition) is 3. The van der Waals surface area contributed by atoms with Gasteiger partial charge in [-0.15, -0.1) is 0 Å². The fourth-order valence-corrected chi connectivity index (χ4v) is 4.04. The summed E-state index contributed by atoms with van der Waals surface area (Å²) in [6.45, 7) is 6.18. The van der Waals surface area contributed by atoms with Gasteiger partial charge in [0.25, 0.3) is 5.56 Å². The molecule has 0 radical (unpaired) electrons. The SMILES string of the molecule is Cc1nc2c(c(=O)n1[C@H](C)c1ccc(C(F)(F)F)cc1)CN(CC1CC1)CC2. The monoisotopic (exact) mass is 391 g/mol. The van der Waals surface area contributed by atoms with Gasteiger partial charge in [-0.2, -0.15) is 13.2 Å². The highest BCUT2D eigenvalue weighted by molar-refractivity contribution is 5.29. The number of aryl methyl sites for hydroxylation is 1. The fourth-order valence-electron chi connectivity index (χ4n) is 4.04. The molecule has 4 nitrogen and oxygen atoms in total. The summed E-state index contributed by atoms with van der Waals surface area (Å²) in [5.74, 6) is 1.36. The molecule has 2 heterocycles. The molecule has 0 spiro atoms. The summed E-state index contributed by atoms with van der Waals surface area (Å²) in [4.78, 5) is 20.2. The lowest BCUT2D eigenvalue weighted by Crippen LogP contribution is -2.40. The van der Waals surface area contributed by atoms with E-state index >= 15 is 0 Å². The van der Waals surface area contributed by atoms with Crippen LogP contribution in [0.25, 0.3) is 0 Å². The van der Waals surface area contributed by atoms with Crippen molar-refractivity contribution in [3.8, 4) is 0 Å². The first-order valence-corrected chi connectivity index (χ1v) is 9.74. The second kappa shape index (κ2) is 7.03. The Morgan fingerprint density at radius 3 is 2.50 bits per heavy atom. The lowest BCUT2D eigenvalue weighted by atomic mass is 10.0. The highest BCUT2D eigenvalue weighted by Crippen LogP contribution is 2.32. The molecule has 7 heteroatoms. The maximum Gasteiger partial charge on any atom is 0.416 e. The maximum atomic E-state index is 13.2. The molecule has 0 amide bonds. The van der Waals surface area contributed by atoms with Crippen molar-refractivity contribution in [2.24, 2.45) is 5.92 Å². The quantitative estimate of drug-likeness (QED) is 0.792. The van der Waals surface area contributed by atoms with Crippen LogP contribution in [0.1, 0.15) is 54.0 Å². The molecule has 1 saturated carbocycles. The van der Waals surface area contributed by atoms with Crippen molar-refractivity contribution in [3.05, 3.63) is 62.8 Å². The molecule has 1 atom stereocenters. The summed E-state index contributed by atoms with van der Waals surface area (Å²) in [5.41, 5.74) is 1.49. The van der Waals surface area contributed by atoms with Crippen LogP contribution >= 0.6 is 0 Å². The molecule has 1 aromatic carbocycles. The van der Waals surface area contributed by atoms with E-state index in [1.165, 1.54) is 25.0 Å². The Bertz CT molecular complexity index is 930. The predicted molar refractivity (Wildman–Crippen MR) is 100 cm³/mol. The molecule has 2 aliphatic rings. The van der Waals surface area contributed by atoms with Crippen molar-refractivity contribution in [2.75, 3.05) is 13.1 Å².